The molecule has 90 valence electrons. The predicted molar refractivity (Wildman–Crippen MR) is 71.2 cm³/mol. The van der Waals surface area contributed by atoms with Gasteiger partial charge in [-0.1, -0.05) is 0 Å². The van der Waals surface area contributed by atoms with Gasteiger partial charge in [0, 0.05) is 22.8 Å². The van der Waals surface area contributed by atoms with Crippen molar-refractivity contribution in [3.05, 3.63) is 41.4 Å². The number of nitrogens with zero attached hydrogens (tertiary/aromatic N) is 3. The highest BCUT2D eigenvalue weighted by molar-refractivity contribution is 6.28. The highest BCUT2D eigenvalue weighted by atomic mass is 35.5. The molecule has 0 saturated carbocycles. The number of nitrogens with one attached hydrogen (secondary N) is 2. The van der Waals surface area contributed by atoms with Crippen molar-refractivity contribution < 1.29 is 0 Å². The number of benzene rings is 1. The van der Waals surface area contributed by atoms with Crippen LogP contribution in [0.3, 0.4) is 0 Å². The first-order valence-electron chi connectivity index (χ1n) is 5.42. The molecule has 3 rings (SSSR count). The summed E-state index contributed by atoms with van der Waals surface area (Å²) in [6.07, 6.45) is 3.47. The molecule has 0 radical (unpaired) electrons. The number of H-pyrrole nitrogens is 1. The van der Waals surface area contributed by atoms with E-state index >= 15 is 0 Å². The Morgan fingerprint density at radius 3 is 3.06 bits per heavy atom. The van der Waals surface area contributed by atoms with Crippen LogP contribution in [-0.2, 0) is 0 Å². The van der Waals surface area contributed by atoms with Crippen LogP contribution >= 0.6 is 11.6 Å². The molecule has 0 aliphatic rings. The average Bonchev–Trinajstić information content (AvgIpc) is 2.81. The van der Waals surface area contributed by atoms with Gasteiger partial charge in [-0.15, -0.1) is 0 Å². The van der Waals surface area contributed by atoms with Crippen LogP contribution in [0, 0.1) is 6.92 Å². The lowest BCUT2D eigenvalue weighted by Gasteiger charge is -2.08. The van der Waals surface area contributed by atoms with Crippen molar-refractivity contribution in [2.45, 2.75) is 6.92 Å². The number of anilines is 2. The Labute approximate surface area is 108 Å². The minimum Gasteiger partial charge on any atom is -0.340 e. The molecule has 0 saturated heterocycles. The topological polar surface area (TPSA) is 66.5 Å². The summed E-state index contributed by atoms with van der Waals surface area (Å²) in [7, 11) is 0. The minimum absolute atomic E-state index is 0.228. The third-order valence-electron chi connectivity index (χ3n) is 2.65. The number of aryl methyl sites for hydroxylation is 1. The zero-order valence-corrected chi connectivity index (χ0v) is 10.4. The molecule has 6 heteroatoms. The Hall–Kier alpha value is -2.14. The van der Waals surface area contributed by atoms with Crippen molar-refractivity contribution >= 4 is 34.0 Å². The smallest absolute Gasteiger partial charge is 0.224 e. The van der Waals surface area contributed by atoms with Crippen LogP contribution in [-0.4, -0.2) is 20.2 Å². The summed E-state index contributed by atoms with van der Waals surface area (Å²) < 4.78 is 0. The van der Waals surface area contributed by atoms with E-state index in [9.17, 15) is 0 Å². The van der Waals surface area contributed by atoms with E-state index in [1.54, 1.807) is 12.4 Å². The highest BCUT2D eigenvalue weighted by Crippen LogP contribution is 2.22. The van der Waals surface area contributed by atoms with Gasteiger partial charge in [0.05, 0.1) is 11.7 Å². The second-order valence-corrected chi connectivity index (χ2v) is 4.31. The Morgan fingerprint density at radius 1 is 1.28 bits per heavy atom. The first-order valence-corrected chi connectivity index (χ1v) is 5.79. The van der Waals surface area contributed by atoms with Gasteiger partial charge in [-0.3, -0.25) is 5.10 Å². The van der Waals surface area contributed by atoms with E-state index < -0.39 is 0 Å². The molecule has 0 atom stereocenters. The summed E-state index contributed by atoms with van der Waals surface area (Å²) in [5, 5.41) is 11.4. The largest absolute Gasteiger partial charge is 0.340 e. The van der Waals surface area contributed by atoms with Crippen molar-refractivity contribution in [2.24, 2.45) is 0 Å². The zero-order valence-electron chi connectivity index (χ0n) is 9.61. The van der Waals surface area contributed by atoms with E-state index in [1.807, 2.05) is 25.1 Å². The van der Waals surface area contributed by atoms with Crippen LogP contribution in [0.4, 0.5) is 11.5 Å². The van der Waals surface area contributed by atoms with Crippen LogP contribution in [0.25, 0.3) is 10.9 Å². The van der Waals surface area contributed by atoms with E-state index in [-0.39, 0.29) is 5.28 Å². The third kappa shape index (κ3) is 2.00. The number of hydrogen-bond donors (Lipinski definition) is 2. The Balaban J connectivity index is 1.97. The van der Waals surface area contributed by atoms with Gasteiger partial charge in [0.2, 0.25) is 5.28 Å². The van der Waals surface area contributed by atoms with Crippen LogP contribution in [0.5, 0.6) is 0 Å². The maximum absolute atomic E-state index is 5.78. The van der Waals surface area contributed by atoms with Gasteiger partial charge in [-0.2, -0.15) is 5.10 Å². The molecule has 2 heterocycles. The van der Waals surface area contributed by atoms with E-state index in [2.05, 4.69) is 25.5 Å². The molecule has 0 amide bonds. The fraction of sp³-hybridized carbons (Fsp3) is 0.0833. The van der Waals surface area contributed by atoms with Crippen molar-refractivity contribution in [2.75, 3.05) is 5.32 Å². The lowest BCUT2D eigenvalue weighted by Crippen LogP contribution is -1.98. The van der Waals surface area contributed by atoms with Crippen LogP contribution in [0.1, 0.15) is 5.56 Å². The summed E-state index contributed by atoms with van der Waals surface area (Å²) in [6.45, 7) is 1.92. The molecule has 18 heavy (non-hydrogen) atoms. The number of rotatable bonds is 2. The van der Waals surface area contributed by atoms with Crippen LogP contribution < -0.4 is 5.32 Å². The van der Waals surface area contributed by atoms with E-state index in [0.29, 0.717) is 5.82 Å². The lowest BCUT2D eigenvalue weighted by molar-refractivity contribution is 1.12. The first-order chi connectivity index (χ1) is 8.72. The number of aromatic amines is 1. The molecule has 2 N–H and O–H groups in total. The maximum Gasteiger partial charge on any atom is 0.224 e. The first kappa shape index (κ1) is 11.0. The SMILES string of the molecule is Cc1cnc(Cl)nc1Nc1ccc2cn[nH]c2c1. The molecule has 0 aliphatic carbocycles. The molecule has 2 aromatic heterocycles. The van der Waals surface area contributed by atoms with Crippen molar-refractivity contribution in [1.29, 1.82) is 0 Å². The predicted octanol–water partition coefficient (Wildman–Crippen LogP) is 3.06. The summed E-state index contributed by atoms with van der Waals surface area (Å²) in [4.78, 5) is 8.07. The number of aromatic nitrogens is 4. The highest BCUT2D eigenvalue weighted by Gasteiger charge is 2.04. The van der Waals surface area contributed by atoms with Crippen LogP contribution in [0.2, 0.25) is 5.28 Å². The molecular formula is C12H10ClN5. The van der Waals surface area contributed by atoms with Gasteiger partial charge in [-0.05, 0) is 36.7 Å². The van der Waals surface area contributed by atoms with Crippen molar-refractivity contribution in [1.82, 2.24) is 20.2 Å². The van der Waals surface area contributed by atoms with Gasteiger partial charge < -0.3 is 5.32 Å². The average molecular weight is 260 g/mol. The molecule has 1 aromatic carbocycles. The molecule has 0 bridgehead atoms. The molecular weight excluding hydrogens is 250 g/mol. The fourth-order valence-electron chi connectivity index (χ4n) is 1.70. The van der Waals surface area contributed by atoms with E-state index in [4.69, 9.17) is 11.6 Å². The monoisotopic (exact) mass is 259 g/mol. The number of fused-ring (bicyclic) bond motifs is 1. The summed E-state index contributed by atoms with van der Waals surface area (Å²) in [5.41, 5.74) is 2.83. The van der Waals surface area contributed by atoms with Gasteiger partial charge in [0.15, 0.2) is 0 Å². The quantitative estimate of drug-likeness (QED) is 0.694. The van der Waals surface area contributed by atoms with Crippen molar-refractivity contribution in [3.63, 3.8) is 0 Å². The second-order valence-electron chi connectivity index (χ2n) is 3.97. The lowest BCUT2D eigenvalue weighted by atomic mass is 10.2. The summed E-state index contributed by atoms with van der Waals surface area (Å²) >= 11 is 5.78. The van der Waals surface area contributed by atoms with Gasteiger partial charge >= 0.3 is 0 Å². The third-order valence-corrected chi connectivity index (χ3v) is 2.83. The fourth-order valence-corrected chi connectivity index (χ4v) is 1.83. The Kier molecular flexibility index (Phi) is 2.60. The van der Waals surface area contributed by atoms with Gasteiger partial charge in [0.25, 0.3) is 0 Å². The summed E-state index contributed by atoms with van der Waals surface area (Å²) in [5.74, 6) is 0.703. The molecule has 5 nitrogen and oxygen atoms in total. The molecule has 0 aliphatic heterocycles. The molecule has 0 unspecified atom stereocenters. The number of hydrogen-bond acceptors (Lipinski definition) is 4. The zero-order chi connectivity index (χ0) is 12.5. The molecule has 0 spiro atoms. The van der Waals surface area contributed by atoms with Gasteiger partial charge in [0.1, 0.15) is 5.82 Å². The minimum atomic E-state index is 0.228. The Bertz CT molecular complexity index is 707. The van der Waals surface area contributed by atoms with E-state index in [1.165, 1.54) is 0 Å². The Morgan fingerprint density at radius 2 is 2.17 bits per heavy atom. The molecule has 3 aromatic rings. The van der Waals surface area contributed by atoms with E-state index in [0.717, 1.165) is 22.2 Å². The number of halogens is 1. The standard InChI is InChI=1S/C12H10ClN5/c1-7-5-14-12(13)17-11(7)16-9-3-2-8-6-15-18-10(8)4-9/h2-6H,1H3,(H,15,18)(H,14,16,17). The second kappa shape index (κ2) is 4.27. The van der Waals surface area contributed by atoms with Crippen molar-refractivity contribution in [3.8, 4) is 0 Å². The maximum atomic E-state index is 5.78. The van der Waals surface area contributed by atoms with Crippen LogP contribution in [0.15, 0.2) is 30.6 Å². The summed E-state index contributed by atoms with van der Waals surface area (Å²) in [6, 6.07) is 5.92. The normalized spacial score (nSPS) is 10.8. The molecule has 0 fully saturated rings. The van der Waals surface area contributed by atoms with Gasteiger partial charge in [-0.25, -0.2) is 9.97 Å².